The molecule has 136 valence electrons. The van der Waals surface area contributed by atoms with Crippen LogP contribution in [0, 0.1) is 5.92 Å². The molecular weight excluding hydrogens is 331 g/mol. The molecule has 0 saturated carbocycles. The van der Waals surface area contributed by atoms with Crippen LogP contribution in [-0.4, -0.2) is 6.16 Å². The topological polar surface area (TPSA) is 35.5 Å². The van der Waals surface area contributed by atoms with Crippen LogP contribution in [0.2, 0.25) is 0 Å². The zero-order valence-corrected chi connectivity index (χ0v) is 16.2. The molecule has 2 aromatic rings. The Balaban J connectivity index is 1.93. The van der Waals surface area contributed by atoms with E-state index in [1.165, 1.54) is 12.8 Å². The van der Waals surface area contributed by atoms with Gasteiger partial charge in [0.15, 0.2) is 0 Å². The summed E-state index contributed by atoms with van der Waals surface area (Å²) in [7, 11) is -3.23. The lowest BCUT2D eigenvalue weighted by molar-refractivity contribution is 0.383. The highest BCUT2D eigenvalue weighted by molar-refractivity contribution is 7.54. The van der Waals surface area contributed by atoms with E-state index in [2.05, 4.69) is 13.8 Å². The second-order valence-corrected chi connectivity index (χ2v) is 8.77. The van der Waals surface area contributed by atoms with Crippen molar-refractivity contribution >= 4 is 7.60 Å². The third-order valence-electron chi connectivity index (χ3n) is 3.94. The summed E-state index contributed by atoms with van der Waals surface area (Å²) in [5, 5.41) is 0. The fraction of sp³-hybridized carbons (Fsp3) is 0.429. The van der Waals surface area contributed by atoms with Gasteiger partial charge in [-0.3, -0.25) is 0 Å². The molecular formula is C21H29O3P. The maximum absolute atomic E-state index is 13.2. The molecule has 0 aromatic heterocycles. The van der Waals surface area contributed by atoms with Crippen LogP contribution in [0.1, 0.15) is 46.0 Å². The molecule has 0 aliphatic rings. The third-order valence-corrected chi connectivity index (χ3v) is 5.78. The lowest BCUT2D eigenvalue weighted by atomic mass is 10.0. The van der Waals surface area contributed by atoms with Gasteiger partial charge in [-0.15, -0.1) is 0 Å². The first-order chi connectivity index (χ1) is 12.1. The monoisotopic (exact) mass is 360 g/mol. The molecule has 0 aliphatic heterocycles. The first kappa shape index (κ1) is 19.6. The largest absolute Gasteiger partial charge is 0.430 e. The Morgan fingerprint density at radius 2 is 1.24 bits per heavy atom. The molecule has 0 unspecified atom stereocenters. The third kappa shape index (κ3) is 7.79. The van der Waals surface area contributed by atoms with Crippen molar-refractivity contribution in [3.05, 3.63) is 60.7 Å². The zero-order valence-electron chi connectivity index (χ0n) is 15.3. The predicted molar refractivity (Wildman–Crippen MR) is 105 cm³/mol. The van der Waals surface area contributed by atoms with Crippen LogP contribution in [0.3, 0.4) is 0 Å². The van der Waals surface area contributed by atoms with E-state index in [0.717, 1.165) is 25.2 Å². The lowest BCUT2D eigenvalue weighted by Gasteiger charge is -2.20. The number of hydrogen-bond acceptors (Lipinski definition) is 3. The summed E-state index contributed by atoms with van der Waals surface area (Å²) in [5.41, 5.74) is 0. The van der Waals surface area contributed by atoms with Crippen LogP contribution in [0.25, 0.3) is 0 Å². The van der Waals surface area contributed by atoms with Crippen molar-refractivity contribution in [3.8, 4) is 11.5 Å². The summed E-state index contributed by atoms with van der Waals surface area (Å²) in [4.78, 5) is 0. The first-order valence-corrected chi connectivity index (χ1v) is 10.9. The van der Waals surface area contributed by atoms with Gasteiger partial charge < -0.3 is 9.05 Å². The fourth-order valence-corrected chi connectivity index (χ4v) is 4.32. The second-order valence-electron chi connectivity index (χ2n) is 6.74. The van der Waals surface area contributed by atoms with E-state index in [4.69, 9.17) is 9.05 Å². The van der Waals surface area contributed by atoms with Gasteiger partial charge in [0.2, 0.25) is 0 Å². The number of hydrogen-bond donors (Lipinski definition) is 0. The molecule has 2 rings (SSSR count). The van der Waals surface area contributed by atoms with E-state index in [9.17, 15) is 4.57 Å². The van der Waals surface area contributed by atoms with Crippen LogP contribution in [-0.2, 0) is 4.57 Å². The van der Waals surface area contributed by atoms with Crippen molar-refractivity contribution < 1.29 is 13.6 Å². The molecule has 0 aliphatic carbocycles. The number of rotatable bonds is 11. The average Bonchev–Trinajstić information content (AvgIpc) is 2.59. The van der Waals surface area contributed by atoms with Gasteiger partial charge in [-0.1, -0.05) is 75.9 Å². The predicted octanol–water partition coefficient (Wildman–Crippen LogP) is 6.94. The Morgan fingerprint density at radius 1 is 0.760 bits per heavy atom. The van der Waals surface area contributed by atoms with Crippen molar-refractivity contribution in [1.29, 1.82) is 0 Å². The van der Waals surface area contributed by atoms with E-state index in [0.29, 0.717) is 17.7 Å². The van der Waals surface area contributed by atoms with Crippen LogP contribution in [0.5, 0.6) is 11.5 Å². The molecule has 0 heterocycles. The van der Waals surface area contributed by atoms with Crippen LogP contribution >= 0.6 is 7.60 Å². The number of unbranched alkanes of at least 4 members (excludes halogenated alkanes) is 3. The summed E-state index contributed by atoms with van der Waals surface area (Å²) >= 11 is 0. The second kappa shape index (κ2) is 10.3. The lowest BCUT2D eigenvalue weighted by Crippen LogP contribution is -2.05. The first-order valence-electron chi connectivity index (χ1n) is 9.16. The van der Waals surface area contributed by atoms with Gasteiger partial charge in [-0.2, -0.15) is 0 Å². The molecule has 2 aromatic carbocycles. The van der Waals surface area contributed by atoms with Crippen molar-refractivity contribution in [2.75, 3.05) is 6.16 Å². The van der Waals surface area contributed by atoms with E-state index >= 15 is 0 Å². The van der Waals surface area contributed by atoms with Crippen LogP contribution < -0.4 is 9.05 Å². The van der Waals surface area contributed by atoms with E-state index < -0.39 is 7.60 Å². The van der Waals surface area contributed by atoms with Gasteiger partial charge in [-0.25, -0.2) is 4.57 Å². The molecule has 3 nitrogen and oxygen atoms in total. The molecule has 0 spiro atoms. The maximum Gasteiger partial charge on any atom is 0.430 e. The van der Waals surface area contributed by atoms with Gasteiger partial charge >= 0.3 is 7.60 Å². The highest BCUT2D eigenvalue weighted by Gasteiger charge is 2.27. The van der Waals surface area contributed by atoms with Crippen molar-refractivity contribution in [1.82, 2.24) is 0 Å². The van der Waals surface area contributed by atoms with Gasteiger partial charge in [0.1, 0.15) is 11.5 Å². The molecule has 4 heteroatoms. The SMILES string of the molecule is CC(C)CCCCCCP(=O)(Oc1ccccc1)Oc1ccccc1. The van der Waals surface area contributed by atoms with E-state index in [1.807, 2.05) is 60.7 Å². The fourth-order valence-electron chi connectivity index (χ4n) is 2.61. The van der Waals surface area contributed by atoms with Crippen molar-refractivity contribution in [3.63, 3.8) is 0 Å². The summed E-state index contributed by atoms with van der Waals surface area (Å²) in [6, 6.07) is 18.5. The molecule has 0 fully saturated rings. The standard InChI is InChI=1S/C21H29O3P/c1-19(2)13-7-3-4-12-18-25(22,23-20-14-8-5-9-15-20)24-21-16-10-6-11-17-21/h5-6,8-11,14-17,19H,3-4,7,12-13,18H2,1-2H3. The average molecular weight is 360 g/mol. The van der Waals surface area contributed by atoms with Gasteiger partial charge in [0, 0.05) is 0 Å². The number of para-hydroxylation sites is 2. The molecule has 0 saturated heterocycles. The Kier molecular flexibility index (Phi) is 8.08. The molecule has 0 bridgehead atoms. The quantitative estimate of drug-likeness (QED) is 0.321. The molecule has 0 atom stereocenters. The van der Waals surface area contributed by atoms with Crippen LogP contribution in [0.15, 0.2) is 60.7 Å². The van der Waals surface area contributed by atoms with Crippen LogP contribution in [0.4, 0.5) is 0 Å². The highest BCUT2D eigenvalue weighted by Crippen LogP contribution is 2.49. The summed E-state index contributed by atoms with van der Waals surface area (Å²) in [6.07, 6.45) is 5.95. The van der Waals surface area contributed by atoms with Crippen molar-refractivity contribution in [2.45, 2.75) is 46.0 Å². The van der Waals surface area contributed by atoms with Gasteiger partial charge in [0.25, 0.3) is 0 Å². The Morgan fingerprint density at radius 3 is 1.72 bits per heavy atom. The molecule has 25 heavy (non-hydrogen) atoms. The molecule has 0 radical (unpaired) electrons. The highest BCUT2D eigenvalue weighted by atomic mass is 31.2. The molecule has 0 amide bonds. The smallest absolute Gasteiger partial charge is 0.416 e. The Bertz CT molecular complexity index is 595. The zero-order chi connectivity index (χ0) is 18.0. The summed E-state index contributed by atoms with van der Waals surface area (Å²) in [5.74, 6) is 1.91. The van der Waals surface area contributed by atoms with E-state index in [1.54, 1.807) is 0 Å². The summed E-state index contributed by atoms with van der Waals surface area (Å²) in [6.45, 7) is 4.49. The minimum Gasteiger partial charge on any atom is -0.416 e. The number of benzene rings is 2. The minimum atomic E-state index is -3.23. The Hall–Kier alpha value is -1.73. The Labute approximate surface area is 151 Å². The normalized spacial score (nSPS) is 11.5. The summed E-state index contributed by atoms with van der Waals surface area (Å²) < 4.78 is 24.8. The van der Waals surface area contributed by atoms with Gasteiger partial charge in [-0.05, 0) is 36.6 Å². The van der Waals surface area contributed by atoms with Crippen molar-refractivity contribution in [2.24, 2.45) is 5.92 Å². The maximum atomic E-state index is 13.2. The van der Waals surface area contributed by atoms with E-state index in [-0.39, 0.29) is 0 Å². The minimum absolute atomic E-state index is 0.429. The molecule has 0 N–H and O–H groups in total. The van der Waals surface area contributed by atoms with Gasteiger partial charge in [0.05, 0.1) is 6.16 Å².